The molecule has 2 aromatic rings. The summed E-state index contributed by atoms with van der Waals surface area (Å²) >= 11 is 0. The zero-order chi connectivity index (χ0) is 17.9. The van der Waals surface area contributed by atoms with Crippen LogP contribution in [0.25, 0.3) is 0 Å². The Morgan fingerprint density at radius 2 is 2.08 bits per heavy atom. The van der Waals surface area contributed by atoms with Crippen LogP contribution in [0, 0.1) is 0 Å². The highest BCUT2D eigenvalue weighted by molar-refractivity contribution is 7.93. The van der Waals surface area contributed by atoms with Crippen molar-refractivity contribution in [2.24, 2.45) is 0 Å². The Labute approximate surface area is 148 Å². The second kappa shape index (κ2) is 7.26. The third-order valence-corrected chi connectivity index (χ3v) is 5.64. The van der Waals surface area contributed by atoms with Gasteiger partial charge in [-0.25, -0.2) is 18.4 Å². The Kier molecular flexibility index (Phi) is 5.08. The fourth-order valence-electron chi connectivity index (χ4n) is 2.69. The maximum absolute atomic E-state index is 12.1. The first kappa shape index (κ1) is 17.5. The average Bonchev–Trinajstić information content (AvgIpc) is 2.93. The largest absolute Gasteiger partial charge is 0.472 e. The molecule has 25 heavy (non-hydrogen) atoms. The van der Waals surface area contributed by atoms with Crippen molar-refractivity contribution in [3.8, 4) is 5.88 Å². The minimum absolute atomic E-state index is 0.000881. The van der Waals surface area contributed by atoms with E-state index in [9.17, 15) is 8.42 Å². The van der Waals surface area contributed by atoms with Crippen molar-refractivity contribution in [3.63, 3.8) is 0 Å². The molecule has 0 radical (unpaired) electrons. The van der Waals surface area contributed by atoms with Gasteiger partial charge in [0.15, 0.2) is 5.82 Å². The van der Waals surface area contributed by atoms with E-state index >= 15 is 0 Å². The van der Waals surface area contributed by atoms with Crippen LogP contribution in [0.2, 0.25) is 0 Å². The van der Waals surface area contributed by atoms with Gasteiger partial charge in [0, 0.05) is 25.5 Å². The average molecular weight is 362 g/mol. The van der Waals surface area contributed by atoms with Crippen LogP contribution < -0.4 is 14.4 Å². The maximum Gasteiger partial charge on any atom is 0.257 e. The van der Waals surface area contributed by atoms with Gasteiger partial charge in [-0.1, -0.05) is 12.1 Å². The summed E-state index contributed by atoms with van der Waals surface area (Å²) in [6.45, 7) is 4.89. The summed E-state index contributed by atoms with van der Waals surface area (Å²) in [5.74, 6) is 1.23. The maximum atomic E-state index is 12.1. The van der Waals surface area contributed by atoms with Crippen LogP contribution >= 0.6 is 0 Å². The fourth-order valence-corrected chi connectivity index (χ4v) is 4.25. The van der Waals surface area contributed by atoms with Gasteiger partial charge in [0.2, 0.25) is 10.0 Å². The number of nitrogens with one attached hydrogen (secondary N) is 1. The molecule has 7 nitrogen and oxygen atoms in total. The van der Waals surface area contributed by atoms with E-state index in [2.05, 4.69) is 15.3 Å². The number of anilines is 2. The summed E-state index contributed by atoms with van der Waals surface area (Å²) < 4.78 is 31.3. The van der Waals surface area contributed by atoms with E-state index in [0.717, 1.165) is 5.56 Å². The third-order valence-electron chi connectivity index (χ3n) is 3.77. The van der Waals surface area contributed by atoms with Crippen LogP contribution in [0.3, 0.4) is 0 Å². The van der Waals surface area contributed by atoms with E-state index in [-0.39, 0.29) is 11.9 Å². The molecule has 0 saturated carbocycles. The van der Waals surface area contributed by atoms with Crippen LogP contribution in [0.1, 0.15) is 25.8 Å². The summed E-state index contributed by atoms with van der Waals surface area (Å²) in [6.07, 6.45) is 3.85. The molecule has 0 aliphatic carbocycles. The first-order valence-corrected chi connectivity index (χ1v) is 9.87. The number of benzene rings is 1. The summed E-state index contributed by atoms with van der Waals surface area (Å²) in [6, 6.07) is 7.51. The van der Waals surface area contributed by atoms with Crippen molar-refractivity contribution < 1.29 is 13.2 Å². The SMILES string of the molecule is CC(C)Oc1nccnc1NCc1cccc(N2CCCS2(=O)=O)c1. The molecule has 1 aliphatic rings. The molecule has 8 heteroatoms. The number of rotatable bonds is 6. The van der Waals surface area contributed by atoms with E-state index in [1.807, 2.05) is 38.1 Å². The van der Waals surface area contributed by atoms with Crippen LogP contribution in [0.15, 0.2) is 36.7 Å². The molecule has 1 aliphatic heterocycles. The summed E-state index contributed by atoms with van der Waals surface area (Å²) in [4.78, 5) is 8.46. The smallest absolute Gasteiger partial charge is 0.257 e. The molecule has 1 fully saturated rings. The number of nitrogens with zero attached hydrogens (tertiary/aromatic N) is 3. The van der Waals surface area contributed by atoms with Gasteiger partial charge in [-0.15, -0.1) is 0 Å². The van der Waals surface area contributed by atoms with Crippen LogP contribution in [-0.4, -0.2) is 36.8 Å². The Balaban J connectivity index is 1.74. The number of hydrogen-bond donors (Lipinski definition) is 1. The van der Waals surface area contributed by atoms with Gasteiger partial charge in [-0.2, -0.15) is 0 Å². The van der Waals surface area contributed by atoms with Gasteiger partial charge < -0.3 is 10.1 Å². The predicted molar refractivity (Wildman–Crippen MR) is 97.3 cm³/mol. The standard InChI is InChI=1S/C17H22N4O3S/c1-13(2)24-17-16(18-7-8-19-17)20-12-14-5-3-6-15(11-14)21-9-4-10-25(21,22)23/h3,5-8,11,13H,4,9-10,12H2,1-2H3,(H,18,20). The summed E-state index contributed by atoms with van der Waals surface area (Å²) in [5, 5.41) is 3.21. The van der Waals surface area contributed by atoms with Gasteiger partial charge in [0.05, 0.1) is 17.5 Å². The van der Waals surface area contributed by atoms with E-state index in [4.69, 9.17) is 4.74 Å². The molecule has 0 bridgehead atoms. The minimum Gasteiger partial charge on any atom is -0.472 e. The minimum atomic E-state index is -3.17. The predicted octanol–water partition coefficient (Wildman–Crippen LogP) is 2.42. The highest BCUT2D eigenvalue weighted by atomic mass is 32.2. The molecular formula is C17H22N4O3S. The Hall–Kier alpha value is -2.35. The van der Waals surface area contributed by atoms with Crippen molar-refractivity contribution in [3.05, 3.63) is 42.2 Å². The van der Waals surface area contributed by atoms with Crippen LogP contribution in [-0.2, 0) is 16.6 Å². The molecule has 1 aromatic carbocycles. The van der Waals surface area contributed by atoms with Crippen molar-refractivity contribution in [2.45, 2.75) is 32.9 Å². The first-order chi connectivity index (χ1) is 12.0. The Bertz CT molecular complexity index is 839. The highest BCUT2D eigenvalue weighted by Crippen LogP contribution is 2.25. The summed E-state index contributed by atoms with van der Waals surface area (Å²) in [5.41, 5.74) is 1.66. The van der Waals surface area contributed by atoms with Crippen molar-refractivity contribution >= 4 is 21.5 Å². The normalized spacial score (nSPS) is 16.2. The van der Waals surface area contributed by atoms with Crippen LogP contribution in [0.4, 0.5) is 11.5 Å². The lowest BCUT2D eigenvalue weighted by Crippen LogP contribution is -2.25. The second-order valence-corrected chi connectivity index (χ2v) is 8.15. The molecular weight excluding hydrogens is 340 g/mol. The highest BCUT2D eigenvalue weighted by Gasteiger charge is 2.28. The molecule has 1 aromatic heterocycles. The van der Waals surface area contributed by atoms with Crippen molar-refractivity contribution in [1.29, 1.82) is 0 Å². The lowest BCUT2D eigenvalue weighted by atomic mass is 10.2. The molecule has 3 rings (SSSR count). The van der Waals surface area contributed by atoms with Gasteiger partial charge in [-0.05, 0) is 38.0 Å². The fraction of sp³-hybridized carbons (Fsp3) is 0.412. The second-order valence-electron chi connectivity index (χ2n) is 6.14. The zero-order valence-corrected chi connectivity index (χ0v) is 15.2. The monoisotopic (exact) mass is 362 g/mol. The quantitative estimate of drug-likeness (QED) is 0.849. The molecule has 2 heterocycles. The molecule has 0 atom stereocenters. The Morgan fingerprint density at radius 1 is 1.28 bits per heavy atom. The summed E-state index contributed by atoms with van der Waals surface area (Å²) in [7, 11) is -3.17. The van der Waals surface area contributed by atoms with E-state index < -0.39 is 10.0 Å². The van der Waals surface area contributed by atoms with Crippen LogP contribution in [0.5, 0.6) is 5.88 Å². The van der Waals surface area contributed by atoms with E-state index in [0.29, 0.717) is 36.9 Å². The number of aromatic nitrogens is 2. The molecule has 1 N–H and O–H groups in total. The lowest BCUT2D eigenvalue weighted by Gasteiger charge is -2.18. The molecule has 134 valence electrons. The number of hydrogen-bond acceptors (Lipinski definition) is 6. The van der Waals surface area contributed by atoms with E-state index in [1.165, 1.54) is 4.31 Å². The first-order valence-electron chi connectivity index (χ1n) is 8.26. The number of ether oxygens (including phenoxy) is 1. The van der Waals surface area contributed by atoms with Gasteiger partial charge in [-0.3, -0.25) is 4.31 Å². The lowest BCUT2D eigenvalue weighted by molar-refractivity contribution is 0.233. The molecule has 0 unspecified atom stereocenters. The Morgan fingerprint density at radius 3 is 2.80 bits per heavy atom. The van der Waals surface area contributed by atoms with Gasteiger partial charge in [0.25, 0.3) is 5.88 Å². The van der Waals surface area contributed by atoms with Gasteiger partial charge >= 0.3 is 0 Å². The van der Waals surface area contributed by atoms with Crippen molar-refractivity contribution in [2.75, 3.05) is 21.9 Å². The molecule has 0 spiro atoms. The van der Waals surface area contributed by atoms with E-state index in [1.54, 1.807) is 12.4 Å². The third kappa shape index (κ3) is 4.19. The topological polar surface area (TPSA) is 84.4 Å². The number of sulfonamides is 1. The van der Waals surface area contributed by atoms with Gasteiger partial charge in [0.1, 0.15) is 0 Å². The molecule has 0 amide bonds. The van der Waals surface area contributed by atoms with Crippen molar-refractivity contribution in [1.82, 2.24) is 9.97 Å². The molecule has 1 saturated heterocycles. The zero-order valence-electron chi connectivity index (χ0n) is 14.3.